The van der Waals surface area contributed by atoms with Crippen LogP contribution in [0.3, 0.4) is 0 Å². The molecule has 1 aromatic heterocycles. The van der Waals surface area contributed by atoms with Gasteiger partial charge in [0.25, 0.3) is 5.91 Å². The largest absolute Gasteiger partial charge is 0.305 e. The van der Waals surface area contributed by atoms with Crippen LogP contribution in [0.2, 0.25) is 5.02 Å². The van der Waals surface area contributed by atoms with Crippen LogP contribution < -0.4 is 5.32 Å². The van der Waals surface area contributed by atoms with Crippen molar-refractivity contribution in [1.82, 2.24) is 4.98 Å². The van der Waals surface area contributed by atoms with Crippen molar-refractivity contribution in [3.05, 3.63) is 58.7 Å². The molecule has 0 spiro atoms. The van der Waals surface area contributed by atoms with E-state index in [4.69, 9.17) is 23.2 Å². The van der Waals surface area contributed by atoms with Gasteiger partial charge in [0.2, 0.25) is 0 Å². The van der Waals surface area contributed by atoms with Gasteiger partial charge in [-0.3, -0.25) is 4.79 Å². The second-order valence-corrected chi connectivity index (χ2v) is 4.30. The Bertz CT molecular complexity index is 572. The van der Waals surface area contributed by atoms with Gasteiger partial charge >= 0.3 is 0 Å². The molecular weight excluding hydrogens is 271 g/mol. The van der Waals surface area contributed by atoms with Gasteiger partial charge in [0.15, 0.2) is 5.82 Å². The van der Waals surface area contributed by atoms with Gasteiger partial charge in [0, 0.05) is 17.6 Å². The van der Waals surface area contributed by atoms with Gasteiger partial charge in [0.05, 0.1) is 5.02 Å². The van der Waals surface area contributed by atoms with E-state index in [0.29, 0.717) is 22.3 Å². The maximum Gasteiger partial charge on any atom is 0.256 e. The van der Waals surface area contributed by atoms with Crippen LogP contribution in [0, 0.1) is 0 Å². The normalized spacial score (nSPS) is 10.1. The Kier molecular flexibility index (Phi) is 4.18. The van der Waals surface area contributed by atoms with Gasteiger partial charge in [-0.25, -0.2) is 4.98 Å². The summed E-state index contributed by atoms with van der Waals surface area (Å²) in [4.78, 5) is 16.0. The van der Waals surface area contributed by atoms with Crippen molar-refractivity contribution in [2.75, 3.05) is 5.32 Å². The van der Waals surface area contributed by atoms with Crippen LogP contribution in [0.15, 0.2) is 42.6 Å². The molecule has 1 heterocycles. The van der Waals surface area contributed by atoms with Crippen LogP contribution in [0.4, 0.5) is 5.82 Å². The summed E-state index contributed by atoms with van der Waals surface area (Å²) < 4.78 is 0. The number of amides is 1. The fraction of sp³-hybridized carbons (Fsp3) is 0.0769. The Morgan fingerprint density at radius 3 is 2.83 bits per heavy atom. The van der Waals surface area contributed by atoms with Crippen LogP contribution >= 0.6 is 23.2 Å². The van der Waals surface area contributed by atoms with Crippen LogP contribution in [0.25, 0.3) is 0 Å². The summed E-state index contributed by atoms with van der Waals surface area (Å²) in [7, 11) is 0. The lowest BCUT2D eigenvalue weighted by Crippen LogP contribution is -2.13. The number of rotatable bonds is 3. The molecule has 92 valence electrons. The van der Waals surface area contributed by atoms with Crippen LogP contribution in [0.5, 0.6) is 0 Å². The zero-order valence-corrected chi connectivity index (χ0v) is 10.9. The molecule has 0 radical (unpaired) electrons. The number of carbonyl (C=O) groups is 1. The highest BCUT2D eigenvalue weighted by Gasteiger charge is 2.09. The van der Waals surface area contributed by atoms with Gasteiger partial charge in [-0.1, -0.05) is 23.7 Å². The monoisotopic (exact) mass is 280 g/mol. The van der Waals surface area contributed by atoms with Crippen molar-refractivity contribution in [3.63, 3.8) is 0 Å². The molecule has 1 aromatic carbocycles. The molecule has 1 N–H and O–H groups in total. The van der Waals surface area contributed by atoms with Gasteiger partial charge < -0.3 is 5.32 Å². The van der Waals surface area contributed by atoms with E-state index in [9.17, 15) is 4.79 Å². The first-order valence-electron chi connectivity index (χ1n) is 5.27. The van der Waals surface area contributed by atoms with E-state index < -0.39 is 0 Å². The van der Waals surface area contributed by atoms with Crippen molar-refractivity contribution in [1.29, 1.82) is 0 Å². The van der Waals surface area contributed by atoms with Gasteiger partial charge in [-0.15, -0.1) is 11.6 Å². The average molecular weight is 281 g/mol. The Morgan fingerprint density at radius 2 is 2.11 bits per heavy atom. The second kappa shape index (κ2) is 5.85. The lowest BCUT2D eigenvalue weighted by molar-refractivity contribution is 0.102. The highest BCUT2D eigenvalue weighted by Crippen LogP contribution is 2.18. The number of carbonyl (C=O) groups excluding carboxylic acids is 1. The van der Waals surface area contributed by atoms with E-state index >= 15 is 0 Å². The summed E-state index contributed by atoms with van der Waals surface area (Å²) >= 11 is 11.6. The molecule has 18 heavy (non-hydrogen) atoms. The van der Waals surface area contributed by atoms with Crippen molar-refractivity contribution in [3.8, 4) is 0 Å². The quantitative estimate of drug-likeness (QED) is 0.871. The number of hydrogen-bond acceptors (Lipinski definition) is 2. The predicted molar refractivity (Wildman–Crippen MR) is 73.2 cm³/mol. The maximum absolute atomic E-state index is 12.0. The summed E-state index contributed by atoms with van der Waals surface area (Å²) in [6, 6.07) is 10.5. The summed E-state index contributed by atoms with van der Waals surface area (Å²) in [5.41, 5.74) is 1.41. The van der Waals surface area contributed by atoms with Crippen LogP contribution in [0.1, 0.15) is 15.9 Å². The molecule has 0 aliphatic carbocycles. The molecule has 0 atom stereocenters. The second-order valence-electron chi connectivity index (χ2n) is 3.62. The van der Waals surface area contributed by atoms with E-state index in [-0.39, 0.29) is 5.91 Å². The van der Waals surface area contributed by atoms with E-state index in [1.807, 2.05) is 6.07 Å². The molecule has 2 aromatic rings. The van der Waals surface area contributed by atoms with Crippen molar-refractivity contribution in [2.45, 2.75) is 5.88 Å². The molecule has 0 unspecified atom stereocenters. The molecule has 0 bridgehead atoms. The molecule has 3 nitrogen and oxygen atoms in total. The van der Waals surface area contributed by atoms with E-state index in [1.165, 1.54) is 0 Å². The SMILES string of the molecule is O=C(Nc1ncccc1Cl)c1cccc(CCl)c1. The molecule has 0 saturated carbocycles. The maximum atomic E-state index is 12.0. The molecule has 0 saturated heterocycles. The molecule has 0 fully saturated rings. The fourth-order valence-corrected chi connectivity index (χ4v) is 1.79. The number of pyridine rings is 1. The summed E-state index contributed by atoms with van der Waals surface area (Å²) in [6.45, 7) is 0. The number of nitrogens with one attached hydrogen (secondary N) is 1. The lowest BCUT2D eigenvalue weighted by atomic mass is 10.1. The number of aromatic nitrogens is 1. The average Bonchev–Trinajstić information content (AvgIpc) is 2.41. The molecule has 0 aliphatic rings. The first-order chi connectivity index (χ1) is 8.70. The third-order valence-corrected chi connectivity index (χ3v) is 2.95. The summed E-state index contributed by atoms with van der Waals surface area (Å²) in [5.74, 6) is 0.453. The number of hydrogen-bond donors (Lipinski definition) is 1. The first-order valence-corrected chi connectivity index (χ1v) is 6.18. The van der Waals surface area contributed by atoms with Crippen LogP contribution in [-0.4, -0.2) is 10.9 Å². The number of alkyl halides is 1. The third kappa shape index (κ3) is 3.00. The van der Waals surface area contributed by atoms with E-state index in [1.54, 1.807) is 36.5 Å². The zero-order valence-electron chi connectivity index (χ0n) is 9.36. The smallest absolute Gasteiger partial charge is 0.256 e. The fourth-order valence-electron chi connectivity index (χ4n) is 1.45. The Balaban J connectivity index is 2.19. The Labute approximate surface area is 115 Å². The number of anilines is 1. The van der Waals surface area contributed by atoms with Gasteiger partial charge in [-0.2, -0.15) is 0 Å². The minimum atomic E-state index is -0.262. The third-order valence-electron chi connectivity index (χ3n) is 2.33. The lowest BCUT2D eigenvalue weighted by Gasteiger charge is -2.06. The minimum absolute atomic E-state index is 0.262. The molecule has 2 rings (SSSR count). The molecule has 5 heteroatoms. The molecular formula is C13H10Cl2N2O. The predicted octanol–water partition coefficient (Wildman–Crippen LogP) is 3.73. The first kappa shape index (κ1) is 12.9. The van der Waals surface area contributed by atoms with Crippen molar-refractivity contribution in [2.24, 2.45) is 0 Å². The Morgan fingerprint density at radius 1 is 1.28 bits per heavy atom. The highest BCUT2D eigenvalue weighted by atomic mass is 35.5. The topological polar surface area (TPSA) is 42.0 Å². The Hall–Kier alpha value is -1.58. The van der Waals surface area contributed by atoms with E-state index in [0.717, 1.165) is 5.56 Å². The van der Waals surface area contributed by atoms with Crippen molar-refractivity contribution < 1.29 is 4.79 Å². The number of halogens is 2. The van der Waals surface area contributed by atoms with Crippen molar-refractivity contribution >= 4 is 34.9 Å². The van der Waals surface area contributed by atoms with Gasteiger partial charge in [-0.05, 0) is 29.8 Å². The van der Waals surface area contributed by atoms with E-state index in [2.05, 4.69) is 10.3 Å². The molecule has 1 amide bonds. The minimum Gasteiger partial charge on any atom is -0.305 e. The van der Waals surface area contributed by atoms with Crippen LogP contribution in [-0.2, 0) is 5.88 Å². The number of benzene rings is 1. The summed E-state index contributed by atoms with van der Waals surface area (Å²) in [6.07, 6.45) is 1.57. The van der Waals surface area contributed by atoms with Gasteiger partial charge in [0.1, 0.15) is 0 Å². The zero-order chi connectivity index (χ0) is 13.0. The number of nitrogens with zero attached hydrogens (tertiary/aromatic N) is 1. The standard InChI is InChI=1S/C13H10Cl2N2O/c14-8-9-3-1-4-10(7-9)13(18)17-12-11(15)5-2-6-16-12/h1-7H,8H2,(H,16,17,18). The molecule has 0 aliphatic heterocycles. The highest BCUT2D eigenvalue weighted by molar-refractivity contribution is 6.33. The summed E-state index contributed by atoms with van der Waals surface area (Å²) in [5, 5.41) is 3.05.